The van der Waals surface area contributed by atoms with Crippen molar-refractivity contribution in [3.8, 4) is 5.75 Å². The van der Waals surface area contributed by atoms with Gasteiger partial charge < -0.3 is 15.4 Å². The second kappa shape index (κ2) is 5.83. The van der Waals surface area contributed by atoms with Crippen LogP contribution in [0.5, 0.6) is 5.75 Å². The standard InChI is InChI=1S/C12H12BrFN4O/c1-15-11-10(19-2)12(17-6-16-11)18-9-4-3-7(14)5-8(9)13/h3-6H,1-2H3,(H2,15,16,17,18). The fraction of sp³-hybridized carbons (Fsp3) is 0.167. The number of nitrogens with one attached hydrogen (secondary N) is 2. The first kappa shape index (κ1) is 13.5. The Labute approximate surface area is 118 Å². The number of halogens is 2. The molecule has 0 spiro atoms. The predicted molar refractivity (Wildman–Crippen MR) is 75.5 cm³/mol. The predicted octanol–water partition coefficient (Wildman–Crippen LogP) is 3.17. The number of aromatic nitrogens is 2. The third kappa shape index (κ3) is 2.93. The van der Waals surface area contributed by atoms with E-state index in [1.54, 1.807) is 13.1 Å². The normalized spacial score (nSPS) is 10.1. The Morgan fingerprint density at radius 3 is 2.63 bits per heavy atom. The van der Waals surface area contributed by atoms with Crippen molar-refractivity contribution in [3.63, 3.8) is 0 Å². The lowest BCUT2D eigenvalue weighted by molar-refractivity contribution is 0.415. The minimum Gasteiger partial charge on any atom is -0.490 e. The molecule has 2 N–H and O–H groups in total. The number of benzene rings is 1. The van der Waals surface area contributed by atoms with Crippen molar-refractivity contribution in [2.24, 2.45) is 0 Å². The molecule has 100 valence electrons. The van der Waals surface area contributed by atoms with E-state index in [-0.39, 0.29) is 5.82 Å². The highest BCUT2D eigenvalue weighted by atomic mass is 79.9. The molecule has 19 heavy (non-hydrogen) atoms. The Kier molecular flexibility index (Phi) is 4.16. The summed E-state index contributed by atoms with van der Waals surface area (Å²) in [5.74, 6) is 1.23. The van der Waals surface area contributed by atoms with Gasteiger partial charge in [0, 0.05) is 11.5 Å². The molecule has 7 heteroatoms. The molecule has 0 saturated carbocycles. The van der Waals surface area contributed by atoms with Crippen molar-refractivity contribution in [1.82, 2.24) is 9.97 Å². The Balaban J connectivity index is 2.37. The number of rotatable bonds is 4. The third-order valence-corrected chi connectivity index (χ3v) is 3.09. The average Bonchev–Trinajstić information content (AvgIpc) is 2.41. The zero-order chi connectivity index (χ0) is 13.8. The highest BCUT2D eigenvalue weighted by Gasteiger charge is 2.12. The average molecular weight is 327 g/mol. The van der Waals surface area contributed by atoms with Crippen LogP contribution in [0, 0.1) is 5.82 Å². The van der Waals surface area contributed by atoms with E-state index in [0.717, 1.165) is 0 Å². The lowest BCUT2D eigenvalue weighted by Gasteiger charge is -2.13. The minimum atomic E-state index is -0.317. The van der Waals surface area contributed by atoms with Gasteiger partial charge in [-0.2, -0.15) is 0 Å². The largest absolute Gasteiger partial charge is 0.490 e. The van der Waals surface area contributed by atoms with Gasteiger partial charge in [-0.05, 0) is 34.1 Å². The highest BCUT2D eigenvalue weighted by Crippen LogP contribution is 2.33. The summed E-state index contributed by atoms with van der Waals surface area (Å²) in [6.07, 6.45) is 1.41. The summed E-state index contributed by atoms with van der Waals surface area (Å²) in [6.45, 7) is 0. The number of hydrogen-bond acceptors (Lipinski definition) is 5. The van der Waals surface area contributed by atoms with E-state index in [1.165, 1.54) is 25.6 Å². The molecule has 0 radical (unpaired) electrons. The second-order valence-corrected chi connectivity index (χ2v) is 4.46. The van der Waals surface area contributed by atoms with E-state index >= 15 is 0 Å². The Bertz CT molecular complexity index is 594. The van der Waals surface area contributed by atoms with E-state index < -0.39 is 0 Å². The van der Waals surface area contributed by atoms with Gasteiger partial charge in [0.05, 0.1) is 12.8 Å². The fourth-order valence-corrected chi connectivity index (χ4v) is 2.00. The maximum atomic E-state index is 13.0. The van der Waals surface area contributed by atoms with Gasteiger partial charge in [-0.1, -0.05) is 0 Å². The molecule has 0 unspecified atom stereocenters. The van der Waals surface area contributed by atoms with Gasteiger partial charge >= 0.3 is 0 Å². The van der Waals surface area contributed by atoms with Gasteiger partial charge in [-0.3, -0.25) is 0 Å². The molecule has 2 aromatic rings. The number of anilines is 3. The molecular formula is C12H12BrFN4O. The molecule has 0 aliphatic heterocycles. The Morgan fingerprint density at radius 2 is 2.00 bits per heavy atom. The Morgan fingerprint density at radius 1 is 1.26 bits per heavy atom. The van der Waals surface area contributed by atoms with Crippen LogP contribution >= 0.6 is 15.9 Å². The van der Waals surface area contributed by atoms with Crippen LogP contribution in [-0.2, 0) is 0 Å². The van der Waals surface area contributed by atoms with E-state index in [9.17, 15) is 4.39 Å². The minimum absolute atomic E-state index is 0.317. The summed E-state index contributed by atoms with van der Waals surface area (Å²) in [6, 6.07) is 4.34. The topological polar surface area (TPSA) is 59.1 Å². The number of methoxy groups -OCH3 is 1. The summed E-state index contributed by atoms with van der Waals surface area (Å²) < 4.78 is 18.9. The lowest BCUT2D eigenvalue weighted by Crippen LogP contribution is -2.03. The molecule has 0 aliphatic carbocycles. The first-order valence-corrected chi connectivity index (χ1v) is 6.23. The van der Waals surface area contributed by atoms with Gasteiger partial charge in [-0.25, -0.2) is 14.4 Å². The van der Waals surface area contributed by atoms with Crippen LogP contribution in [0.4, 0.5) is 21.7 Å². The van der Waals surface area contributed by atoms with Gasteiger partial charge in [0.15, 0.2) is 11.6 Å². The van der Waals surface area contributed by atoms with Crippen molar-refractivity contribution in [2.75, 3.05) is 24.8 Å². The molecule has 5 nitrogen and oxygen atoms in total. The summed E-state index contributed by atoms with van der Waals surface area (Å²) in [5.41, 5.74) is 0.681. The van der Waals surface area contributed by atoms with Crippen LogP contribution in [0.1, 0.15) is 0 Å². The number of hydrogen-bond donors (Lipinski definition) is 2. The number of nitrogens with zero attached hydrogens (tertiary/aromatic N) is 2. The quantitative estimate of drug-likeness (QED) is 0.903. The van der Waals surface area contributed by atoms with Crippen LogP contribution in [0.25, 0.3) is 0 Å². The smallest absolute Gasteiger partial charge is 0.204 e. The second-order valence-electron chi connectivity index (χ2n) is 3.60. The van der Waals surface area contributed by atoms with E-state index in [2.05, 4.69) is 36.5 Å². The first-order valence-electron chi connectivity index (χ1n) is 5.44. The maximum absolute atomic E-state index is 13.0. The summed E-state index contributed by atoms with van der Waals surface area (Å²) in [7, 11) is 3.27. The van der Waals surface area contributed by atoms with Crippen molar-refractivity contribution in [3.05, 3.63) is 34.8 Å². The molecule has 0 amide bonds. The SMILES string of the molecule is CNc1ncnc(Nc2ccc(F)cc2Br)c1OC. The molecule has 2 rings (SSSR count). The summed E-state index contributed by atoms with van der Waals surface area (Å²) in [4.78, 5) is 8.16. The zero-order valence-electron chi connectivity index (χ0n) is 10.4. The van der Waals surface area contributed by atoms with Gasteiger partial charge in [-0.15, -0.1) is 0 Å². The van der Waals surface area contributed by atoms with E-state index in [1.807, 2.05) is 0 Å². The van der Waals surface area contributed by atoms with Crippen LogP contribution in [-0.4, -0.2) is 24.1 Å². The van der Waals surface area contributed by atoms with Crippen LogP contribution < -0.4 is 15.4 Å². The molecule has 0 fully saturated rings. The monoisotopic (exact) mass is 326 g/mol. The van der Waals surface area contributed by atoms with E-state index in [4.69, 9.17) is 4.74 Å². The van der Waals surface area contributed by atoms with E-state index in [0.29, 0.717) is 27.5 Å². The molecule has 1 aromatic carbocycles. The van der Waals surface area contributed by atoms with Crippen molar-refractivity contribution in [1.29, 1.82) is 0 Å². The van der Waals surface area contributed by atoms with Crippen molar-refractivity contribution < 1.29 is 9.13 Å². The fourth-order valence-electron chi connectivity index (χ4n) is 1.55. The molecule has 0 aliphatic rings. The van der Waals surface area contributed by atoms with Crippen LogP contribution in [0.3, 0.4) is 0 Å². The molecule has 0 atom stereocenters. The van der Waals surface area contributed by atoms with Crippen LogP contribution in [0.15, 0.2) is 29.0 Å². The van der Waals surface area contributed by atoms with Crippen molar-refractivity contribution >= 4 is 33.3 Å². The molecule has 1 heterocycles. The summed E-state index contributed by atoms with van der Waals surface area (Å²) >= 11 is 3.28. The molecule has 0 bridgehead atoms. The molecule has 0 saturated heterocycles. The zero-order valence-corrected chi connectivity index (χ0v) is 12.0. The van der Waals surface area contributed by atoms with Crippen LogP contribution in [0.2, 0.25) is 0 Å². The van der Waals surface area contributed by atoms with Crippen molar-refractivity contribution in [2.45, 2.75) is 0 Å². The molecule has 1 aromatic heterocycles. The molecular weight excluding hydrogens is 315 g/mol. The summed E-state index contributed by atoms with van der Waals surface area (Å²) in [5, 5.41) is 5.97. The van der Waals surface area contributed by atoms with Gasteiger partial charge in [0.25, 0.3) is 0 Å². The highest BCUT2D eigenvalue weighted by molar-refractivity contribution is 9.10. The van der Waals surface area contributed by atoms with Gasteiger partial charge in [0.1, 0.15) is 12.1 Å². The van der Waals surface area contributed by atoms with Gasteiger partial charge in [0.2, 0.25) is 5.75 Å². The maximum Gasteiger partial charge on any atom is 0.204 e. The third-order valence-electron chi connectivity index (χ3n) is 2.43. The lowest BCUT2D eigenvalue weighted by atomic mass is 10.3. The Hall–Kier alpha value is -1.89. The number of ether oxygens (including phenoxy) is 1. The first-order chi connectivity index (χ1) is 9.15.